The molecule has 6 nitrogen and oxygen atoms in total. The molecule has 0 aromatic carbocycles. The number of urea groups is 1. The van der Waals surface area contributed by atoms with Crippen molar-refractivity contribution in [2.45, 2.75) is 12.8 Å². The molecule has 6 heteroatoms. The predicted molar refractivity (Wildman–Crippen MR) is 61.4 cm³/mol. The summed E-state index contributed by atoms with van der Waals surface area (Å²) in [5, 5.41) is 11.6. The molecule has 2 aliphatic heterocycles. The number of imide groups is 1. The third kappa shape index (κ3) is 2.95. The predicted octanol–water partition coefficient (Wildman–Crippen LogP) is -0.757. The summed E-state index contributed by atoms with van der Waals surface area (Å²) in [5.74, 6) is 0.249. The second-order valence-electron chi connectivity index (χ2n) is 4.68. The average Bonchev–Trinajstić information content (AvgIpc) is 2.76. The summed E-state index contributed by atoms with van der Waals surface area (Å²) in [5.41, 5.74) is 0. The van der Waals surface area contributed by atoms with Crippen LogP contribution in [0, 0.1) is 5.92 Å². The Bertz CT molecular complexity index is 300. The number of hydrogen-bond donors (Lipinski definition) is 2. The number of hydrogen-bond acceptors (Lipinski definition) is 4. The van der Waals surface area contributed by atoms with Crippen LogP contribution in [0.2, 0.25) is 0 Å². The number of aliphatic hydroxyl groups excluding tert-OH is 1. The van der Waals surface area contributed by atoms with Gasteiger partial charge in [-0.2, -0.15) is 0 Å². The molecule has 2 N–H and O–H groups in total. The van der Waals surface area contributed by atoms with Crippen LogP contribution in [0.4, 0.5) is 4.79 Å². The fraction of sp³-hybridized carbons (Fsp3) is 0.818. The summed E-state index contributed by atoms with van der Waals surface area (Å²) in [4.78, 5) is 26.5. The molecule has 0 aromatic heterocycles. The number of likely N-dealkylation sites (tertiary alicyclic amines) is 1. The third-order valence-electron chi connectivity index (χ3n) is 3.48. The minimum absolute atomic E-state index is 0.123. The van der Waals surface area contributed by atoms with E-state index in [0.29, 0.717) is 25.6 Å². The number of nitrogens with one attached hydrogen (secondary N) is 1. The van der Waals surface area contributed by atoms with Gasteiger partial charge >= 0.3 is 6.03 Å². The Morgan fingerprint density at radius 1 is 1.35 bits per heavy atom. The lowest BCUT2D eigenvalue weighted by Gasteiger charge is -2.31. The van der Waals surface area contributed by atoms with Crippen LogP contribution in [-0.2, 0) is 4.79 Å². The van der Waals surface area contributed by atoms with Gasteiger partial charge in [-0.05, 0) is 31.8 Å². The van der Waals surface area contributed by atoms with E-state index >= 15 is 0 Å². The fourth-order valence-electron chi connectivity index (χ4n) is 2.31. The molecule has 2 saturated heterocycles. The molecular weight excluding hydrogens is 222 g/mol. The van der Waals surface area contributed by atoms with Crippen LogP contribution in [0.15, 0.2) is 0 Å². The molecule has 2 rings (SSSR count). The van der Waals surface area contributed by atoms with Gasteiger partial charge in [-0.15, -0.1) is 0 Å². The molecule has 0 aliphatic carbocycles. The molecule has 0 atom stereocenters. The number of amides is 3. The maximum atomic E-state index is 11.8. The average molecular weight is 241 g/mol. The van der Waals surface area contributed by atoms with Crippen molar-refractivity contribution in [3.63, 3.8) is 0 Å². The van der Waals surface area contributed by atoms with Gasteiger partial charge in [-0.3, -0.25) is 14.6 Å². The van der Waals surface area contributed by atoms with E-state index < -0.39 is 0 Å². The SMILES string of the molecule is O=C(CN1CCC(CO)CC1)N1CCNC1=O. The standard InChI is InChI=1S/C11H19N3O3/c15-8-9-1-4-13(5-2-9)7-10(16)14-6-3-12-11(14)17/h9,15H,1-8H2,(H,12,17). The molecule has 2 fully saturated rings. The number of nitrogens with zero attached hydrogens (tertiary/aromatic N) is 2. The zero-order valence-corrected chi connectivity index (χ0v) is 9.89. The molecular formula is C11H19N3O3. The van der Waals surface area contributed by atoms with Crippen LogP contribution >= 0.6 is 0 Å². The number of rotatable bonds is 3. The van der Waals surface area contributed by atoms with Crippen molar-refractivity contribution < 1.29 is 14.7 Å². The first kappa shape index (κ1) is 12.3. The first-order chi connectivity index (χ1) is 8.20. The van der Waals surface area contributed by atoms with Crippen molar-refractivity contribution >= 4 is 11.9 Å². The van der Waals surface area contributed by atoms with Gasteiger partial charge in [0.1, 0.15) is 0 Å². The number of aliphatic hydroxyl groups is 1. The minimum Gasteiger partial charge on any atom is -0.396 e. The molecule has 3 amide bonds. The Hall–Kier alpha value is -1.14. The summed E-state index contributed by atoms with van der Waals surface area (Å²) >= 11 is 0. The second kappa shape index (κ2) is 5.46. The molecule has 0 spiro atoms. The zero-order valence-electron chi connectivity index (χ0n) is 9.89. The highest BCUT2D eigenvalue weighted by molar-refractivity contribution is 5.96. The van der Waals surface area contributed by atoms with E-state index in [4.69, 9.17) is 5.11 Å². The van der Waals surface area contributed by atoms with E-state index in [1.54, 1.807) is 0 Å². The first-order valence-electron chi connectivity index (χ1n) is 6.12. The van der Waals surface area contributed by atoms with Gasteiger partial charge < -0.3 is 10.4 Å². The minimum atomic E-state index is -0.278. The van der Waals surface area contributed by atoms with Gasteiger partial charge in [0.05, 0.1) is 6.54 Å². The van der Waals surface area contributed by atoms with E-state index in [1.165, 1.54) is 4.90 Å². The van der Waals surface area contributed by atoms with E-state index in [9.17, 15) is 9.59 Å². The lowest BCUT2D eigenvalue weighted by atomic mass is 9.98. The van der Waals surface area contributed by atoms with Crippen molar-refractivity contribution in [3.05, 3.63) is 0 Å². The lowest BCUT2D eigenvalue weighted by Crippen LogP contribution is -2.44. The van der Waals surface area contributed by atoms with Crippen molar-refractivity contribution in [2.24, 2.45) is 5.92 Å². The largest absolute Gasteiger partial charge is 0.396 e. The van der Waals surface area contributed by atoms with E-state index in [1.807, 2.05) is 0 Å². The van der Waals surface area contributed by atoms with Crippen molar-refractivity contribution in [3.8, 4) is 0 Å². The smallest absolute Gasteiger partial charge is 0.324 e. The third-order valence-corrected chi connectivity index (χ3v) is 3.48. The Kier molecular flexibility index (Phi) is 3.96. The zero-order chi connectivity index (χ0) is 12.3. The summed E-state index contributed by atoms with van der Waals surface area (Å²) in [6, 6.07) is -0.278. The van der Waals surface area contributed by atoms with Crippen LogP contribution in [-0.4, -0.2) is 66.2 Å². The van der Waals surface area contributed by atoms with Crippen LogP contribution < -0.4 is 5.32 Å². The van der Waals surface area contributed by atoms with Gasteiger partial charge in [0.25, 0.3) is 0 Å². The molecule has 17 heavy (non-hydrogen) atoms. The van der Waals surface area contributed by atoms with Gasteiger partial charge in [0, 0.05) is 19.7 Å². The van der Waals surface area contributed by atoms with Gasteiger partial charge in [0.15, 0.2) is 0 Å². The van der Waals surface area contributed by atoms with E-state index in [2.05, 4.69) is 10.2 Å². The maximum Gasteiger partial charge on any atom is 0.324 e. The highest BCUT2D eigenvalue weighted by Gasteiger charge is 2.28. The summed E-state index contributed by atoms with van der Waals surface area (Å²) < 4.78 is 0. The Morgan fingerprint density at radius 3 is 2.59 bits per heavy atom. The molecule has 96 valence electrons. The van der Waals surface area contributed by atoms with Gasteiger partial charge in [-0.25, -0.2) is 4.79 Å². The summed E-state index contributed by atoms with van der Waals surface area (Å²) in [6.07, 6.45) is 1.85. The monoisotopic (exact) mass is 241 g/mol. The number of piperidine rings is 1. The molecule has 0 bridgehead atoms. The van der Waals surface area contributed by atoms with Gasteiger partial charge in [-0.1, -0.05) is 0 Å². The molecule has 0 radical (unpaired) electrons. The number of carbonyl (C=O) groups is 2. The first-order valence-corrected chi connectivity index (χ1v) is 6.12. The van der Waals surface area contributed by atoms with E-state index in [-0.39, 0.29) is 18.5 Å². The molecule has 2 heterocycles. The Labute approximate surface area is 101 Å². The van der Waals surface area contributed by atoms with Crippen molar-refractivity contribution in [1.29, 1.82) is 0 Å². The summed E-state index contributed by atoms with van der Waals surface area (Å²) in [6.45, 7) is 3.22. The topological polar surface area (TPSA) is 72.9 Å². The summed E-state index contributed by atoms with van der Waals surface area (Å²) in [7, 11) is 0. The molecule has 0 saturated carbocycles. The Morgan fingerprint density at radius 2 is 2.06 bits per heavy atom. The van der Waals surface area contributed by atoms with Crippen LogP contribution in [0.5, 0.6) is 0 Å². The highest BCUT2D eigenvalue weighted by atomic mass is 16.3. The molecule has 0 aromatic rings. The van der Waals surface area contributed by atoms with Crippen molar-refractivity contribution in [1.82, 2.24) is 15.1 Å². The maximum absolute atomic E-state index is 11.8. The van der Waals surface area contributed by atoms with E-state index in [0.717, 1.165) is 25.9 Å². The van der Waals surface area contributed by atoms with Crippen LogP contribution in [0.1, 0.15) is 12.8 Å². The van der Waals surface area contributed by atoms with Crippen LogP contribution in [0.25, 0.3) is 0 Å². The lowest BCUT2D eigenvalue weighted by molar-refractivity contribution is -0.129. The van der Waals surface area contributed by atoms with Crippen molar-refractivity contribution in [2.75, 3.05) is 39.3 Å². The van der Waals surface area contributed by atoms with Gasteiger partial charge in [0.2, 0.25) is 5.91 Å². The normalized spacial score (nSPS) is 22.9. The quantitative estimate of drug-likeness (QED) is 0.681. The second-order valence-corrected chi connectivity index (χ2v) is 4.68. The Balaban J connectivity index is 1.78. The fourth-order valence-corrected chi connectivity index (χ4v) is 2.31. The number of carbonyl (C=O) groups excluding carboxylic acids is 2. The highest BCUT2D eigenvalue weighted by Crippen LogP contribution is 2.16. The van der Waals surface area contributed by atoms with Crippen LogP contribution in [0.3, 0.4) is 0 Å². The molecule has 2 aliphatic rings. The molecule has 0 unspecified atom stereocenters.